The fraction of sp³-hybridized carbons (Fsp3) is 0.211. The molecule has 2 aromatic carbocycles. The van der Waals surface area contributed by atoms with E-state index in [0.29, 0.717) is 11.5 Å². The van der Waals surface area contributed by atoms with Crippen LogP contribution in [0.1, 0.15) is 35.3 Å². The number of hydrogen-bond donors (Lipinski definition) is 1. The molecule has 0 radical (unpaired) electrons. The molecule has 0 bridgehead atoms. The molecule has 2 rings (SSSR count). The minimum Gasteiger partial charge on any atom is -0.322 e. The summed E-state index contributed by atoms with van der Waals surface area (Å²) < 4.78 is 38.6. The van der Waals surface area contributed by atoms with Crippen molar-refractivity contribution in [3.05, 3.63) is 70.3 Å². The molecule has 25 heavy (non-hydrogen) atoms. The molecule has 0 unspecified atom stereocenters. The third-order valence-electron chi connectivity index (χ3n) is 3.38. The molecule has 2 nitrogen and oxygen atoms in total. The summed E-state index contributed by atoms with van der Waals surface area (Å²) in [6, 6.07) is 10.1. The highest BCUT2D eigenvalue weighted by Crippen LogP contribution is 2.36. The lowest BCUT2D eigenvalue weighted by atomic mass is 10.1. The van der Waals surface area contributed by atoms with E-state index in [1.54, 1.807) is 24.3 Å². The Morgan fingerprint density at radius 1 is 1.12 bits per heavy atom. The number of alkyl halides is 3. The molecule has 132 valence electrons. The first-order valence-corrected chi connectivity index (χ1v) is 8.01. The van der Waals surface area contributed by atoms with Crippen LogP contribution in [-0.4, -0.2) is 5.91 Å². The van der Waals surface area contributed by atoms with Gasteiger partial charge in [-0.25, -0.2) is 0 Å². The zero-order chi connectivity index (χ0) is 18.6. The van der Waals surface area contributed by atoms with Crippen molar-refractivity contribution >= 4 is 29.3 Å². The van der Waals surface area contributed by atoms with Gasteiger partial charge in [0.25, 0.3) is 5.91 Å². The van der Waals surface area contributed by atoms with E-state index in [1.807, 2.05) is 12.2 Å². The molecule has 1 N–H and O–H groups in total. The third kappa shape index (κ3) is 5.36. The Labute approximate surface area is 149 Å². The zero-order valence-corrected chi connectivity index (χ0v) is 14.4. The SMILES string of the molecule is CC(C)C=Cc1ccc(C(=O)Nc2ccc(Cl)c(C(F)(F)F)c2)cc1. The second-order valence-corrected chi connectivity index (χ2v) is 6.28. The molecule has 1 amide bonds. The van der Waals surface area contributed by atoms with Crippen LogP contribution in [0.3, 0.4) is 0 Å². The van der Waals surface area contributed by atoms with Gasteiger partial charge in [-0.15, -0.1) is 0 Å². The van der Waals surface area contributed by atoms with Crippen molar-refractivity contribution in [3.8, 4) is 0 Å². The van der Waals surface area contributed by atoms with Crippen LogP contribution in [0, 0.1) is 5.92 Å². The number of hydrogen-bond acceptors (Lipinski definition) is 1. The molecule has 0 aliphatic rings. The number of nitrogens with one attached hydrogen (secondary N) is 1. The van der Waals surface area contributed by atoms with E-state index in [-0.39, 0.29) is 5.69 Å². The molecule has 0 saturated carbocycles. The number of carbonyl (C=O) groups excluding carboxylic acids is 1. The van der Waals surface area contributed by atoms with Crippen molar-refractivity contribution in [3.63, 3.8) is 0 Å². The summed E-state index contributed by atoms with van der Waals surface area (Å²) in [5.41, 5.74) is 0.341. The van der Waals surface area contributed by atoms with E-state index in [2.05, 4.69) is 19.2 Å². The maximum Gasteiger partial charge on any atom is 0.417 e. The van der Waals surface area contributed by atoms with E-state index in [9.17, 15) is 18.0 Å². The smallest absolute Gasteiger partial charge is 0.322 e. The van der Waals surface area contributed by atoms with Gasteiger partial charge < -0.3 is 5.32 Å². The van der Waals surface area contributed by atoms with Crippen LogP contribution in [0.2, 0.25) is 5.02 Å². The summed E-state index contributed by atoms with van der Waals surface area (Å²) in [6.45, 7) is 4.11. The molecule has 0 aliphatic heterocycles. The van der Waals surface area contributed by atoms with Crippen molar-refractivity contribution in [1.29, 1.82) is 0 Å². The maximum atomic E-state index is 12.9. The van der Waals surface area contributed by atoms with Crippen LogP contribution in [0.4, 0.5) is 18.9 Å². The summed E-state index contributed by atoms with van der Waals surface area (Å²) in [6.07, 6.45) is -0.606. The first-order valence-electron chi connectivity index (χ1n) is 7.63. The molecule has 0 atom stereocenters. The normalized spacial score (nSPS) is 12.0. The summed E-state index contributed by atoms with van der Waals surface area (Å²) >= 11 is 5.56. The van der Waals surface area contributed by atoms with Crippen molar-refractivity contribution in [1.82, 2.24) is 0 Å². The topological polar surface area (TPSA) is 29.1 Å². The molecule has 0 fully saturated rings. The van der Waals surface area contributed by atoms with Gasteiger partial charge in [-0.2, -0.15) is 13.2 Å². The van der Waals surface area contributed by atoms with Crippen LogP contribution < -0.4 is 5.32 Å². The monoisotopic (exact) mass is 367 g/mol. The predicted octanol–water partition coefficient (Wildman–Crippen LogP) is 6.28. The molecule has 0 aromatic heterocycles. The molecular weight excluding hydrogens is 351 g/mol. The molecule has 2 aromatic rings. The van der Waals surface area contributed by atoms with Crippen LogP contribution in [-0.2, 0) is 6.18 Å². The van der Waals surface area contributed by atoms with Crippen molar-refractivity contribution < 1.29 is 18.0 Å². The van der Waals surface area contributed by atoms with E-state index in [0.717, 1.165) is 17.7 Å². The number of amides is 1. The Kier molecular flexibility index (Phi) is 5.90. The van der Waals surface area contributed by atoms with E-state index in [4.69, 9.17) is 11.6 Å². The lowest BCUT2D eigenvalue weighted by molar-refractivity contribution is -0.137. The van der Waals surface area contributed by atoms with Crippen molar-refractivity contribution in [2.45, 2.75) is 20.0 Å². The number of anilines is 1. The highest BCUT2D eigenvalue weighted by Gasteiger charge is 2.33. The maximum absolute atomic E-state index is 12.9. The van der Waals surface area contributed by atoms with Gasteiger partial charge in [0.1, 0.15) is 0 Å². The Hall–Kier alpha value is -2.27. The summed E-state index contributed by atoms with van der Waals surface area (Å²) in [5.74, 6) is -0.0782. The van der Waals surface area contributed by atoms with Crippen LogP contribution >= 0.6 is 11.6 Å². The molecular formula is C19H17ClF3NO. The Bertz CT molecular complexity index is 780. The van der Waals surface area contributed by atoms with E-state index >= 15 is 0 Å². The summed E-state index contributed by atoms with van der Waals surface area (Å²) in [4.78, 5) is 12.2. The largest absolute Gasteiger partial charge is 0.417 e. The number of benzene rings is 2. The van der Waals surface area contributed by atoms with Crippen molar-refractivity contribution in [2.75, 3.05) is 5.32 Å². The first kappa shape index (κ1) is 19.1. The fourth-order valence-corrected chi connectivity index (χ4v) is 2.30. The standard InChI is InChI=1S/C19H17ClF3NO/c1-12(2)3-4-13-5-7-14(8-6-13)18(25)24-15-9-10-17(20)16(11-15)19(21,22)23/h3-12H,1-2H3,(H,24,25). The minimum absolute atomic E-state index is 0.0329. The van der Waals surface area contributed by atoms with Gasteiger partial charge in [-0.05, 0) is 41.8 Å². The van der Waals surface area contributed by atoms with Gasteiger partial charge in [0.05, 0.1) is 10.6 Å². The predicted molar refractivity (Wildman–Crippen MR) is 94.7 cm³/mol. The first-order chi connectivity index (χ1) is 11.7. The van der Waals surface area contributed by atoms with Crippen LogP contribution in [0.25, 0.3) is 6.08 Å². The Morgan fingerprint density at radius 3 is 2.32 bits per heavy atom. The van der Waals surface area contributed by atoms with Gasteiger partial charge in [0.2, 0.25) is 0 Å². The number of rotatable bonds is 4. The summed E-state index contributed by atoms with van der Waals surface area (Å²) in [7, 11) is 0. The van der Waals surface area contributed by atoms with Gasteiger partial charge in [0.15, 0.2) is 0 Å². The van der Waals surface area contributed by atoms with Gasteiger partial charge >= 0.3 is 6.18 Å². The average molecular weight is 368 g/mol. The molecule has 0 aliphatic carbocycles. The minimum atomic E-state index is -4.58. The quantitative estimate of drug-likeness (QED) is 0.676. The number of allylic oxidation sites excluding steroid dienone is 1. The number of carbonyl (C=O) groups is 1. The lowest BCUT2D eigenvalue weighted by Gasteiger charge is -2.12. The molecule has 0 spiro atoms. The Balaban J connectivity index is 2.15. The molecule has 0 saturated heterocycles. The van der Waals surface area contributed by atoms with Gasteiger partial charge in [-0.3, -0.25) is 4.79 Å². The van der Waals surface area contributed by atoms with Gasteiger partial charge in [-0.1, -0.05) is 49.7 Å². The molecule has 6 heteroatoms. The van der Waals surface area contributed by atoms with Crippen LogP contribution in [0.5, 0.6) is 0 Å². The molecule has 0 heterocycles. The Morgan fingerprint density at radius 2 is 1.76 bits per heavy atom. The van der Waals surface area contributed by atoms with Crippen LogP contribution in [0.15, 0.2) is 48.5 Å². The lowest BCUT2D eigenvalue weighted by Crippen LogP contribution is -2.13. The second-order valence-electron chi connectivity index (χ2n) is 5.87. The summed E-state index contributed by atoms with van der Waals surface area (Å²) in [5, 5.41) is 2.04. The van der Waals surface area contributed by atoms with Crippen molar-refractivity contribution in [2.24, 2.45) is 5.92 Å². The van der Waals surface area contributed by atoms with E-state index < -0.39 is 22.7 Å². The van der Waals surface area contributed by atoms with E-state index in [1.165, 1.54) is 6.07 Å². The van der Waals surface area contributed by atoms with Gasteiger partial charge in [0, 0.05) is 11.3 Å². The fourth-order valence-electron chi connectivity index (χ4n) is 2.07. The highest BCUT2D eigenvalue weighted by molar-refractivity contribution is 6.31. The third-order valence-corrected chi connectivity index (χ3v) is 3.71. The number of halogens is 4. The second kappa shape index (κ2) is 7.74. The highest BCUT2D eigenvalue weighted by atomic mass is 35.5. The average Bonchev–Trinajstić information content (AvgIpc) is 2.54. The zero-order valence-electron chi connectivity index (χ0n) is 13.7.